The highest BCUT2D eigenvalue weighted by Crippen LogP contribution is 2.61. The van der Waals surface area contributed by atoms with E-state index in [1.807, 2.05) is 14.4 Å². The molecule has 34 heavy (non-hydrogen) atoms. The Kier molecular flexibility index (Phi) is 6.73. The zero-order valence-electron chi connectivity index (χ0n) is 18.1. The minimum absolute atomic E-state index is 0.124. The molecule has 186 valence electrons. The van der Waals surface area contributed by atoms with Crippen LogP contribution in [0, 0.1) is 0 Å². The number of carbonyl (C=O) groups is 1. The van der Waals surface area contributed by atoms with Crippen LogP contribution in [-0.2, 0) is 9.13 Å². The number of carboxylic acid groups (broad SMARTS) is 1. The highest BCUT2D eigenvalue weighted by molar-refractivity contribution is 7.70. The second-order valence-electron chi connectivity index (χ2n) is 8.65. The first-order chi connectivity index (χ1) is 15.9. The molecule has 5 N–H and O–H groups in total. The van der Waals surface area contributed by atoms with Crippen molar-refractivity contribution < 1.29 is 38.6 Å². The fourth-order valence-electron chi connectivity index (χ4n) is 4.25. The van der Waals surface area contributed by atoms with Crippen LogP contribution in [0.15, 0.2) is 23.3 Å². The lowest BCUT2D eigenvalue weighted by molar-refractivity contribution is 0.0694. The molecule has 0 spiro atoms. The van der Waals surface area contributed by atoms with Gasteiger partial charge in [-0.15, -0.1) is 0 Å². The van der Waals surface area contributed by atoms with Gasteiger partial charge in [0.1, 0.15) is 11.4 Å². The van der Waals surface area contributed by atoms with Crippen molar-refractivity contribution in [1.82, 2.24) is 14.5 Å². The van der Waals surface area contributed by atoms with Gasteiger partial charge in [0.15, 0.2) is 5.40 Å². The molecule has 2 aliphatic rings. The van der Waals surface area contributed by atoms with E-state index in [4.69, 9.17) is 0 Å². The number of aromatic nitrogens is 2. The van der Waals surface area contributed by atoms with E-state index in [0.717, 1.165) is 12.8 Å². The number of nitrogens with zero attached hydrogens (tertiary/aromatic N) is 4. The lowest BCUT2D eigenvalue weighted by atomic mass is 10.1. The summed E-state index contributed by atoms with van der Waals surface area (Å²) in [5, 5.41) is 7.60. The molecule has 1 saturated carbocycles. The van der Waals surface area contributed by atoms with E-state index in [1.165, 1.54) is 12.4 Å². The molecule has 0 bridgehead atoms. The Balaban J connectivity index is 1.48. The Morgan fingerprint density at radius 2 is 1.71 bits per heavy atom. The van der Waals surface area contributed by atoms with Gasteiger partial charge in [-0.05, 0) is 25.8 Å². The van der Waals surface area contributed by atoms with Crippen LogP contribution in [-0.4, -0.2) is 83.2 Å². The van der Waals surface area contributed by atoms with Crippen molar-refractivity contribution >= 4 is 37.9 Å². The molecule has 4 rings (SSSR count). The highest BCUT2D eigenvalue weighted by atomic mass is 31.2. The maximum atomic E-state index is 12.6. The molecule has 0 aromatic carbocycles. The number of fused-ring (bicyclic) bond motifs is 1. The molecule has 0 atom stereocenters. The summed E-state index contributed by atoms with van der Waals surface area (Å²) in [6, 6.07) is 1.91. The van der Waals surface area contributed by atoms with Gasteiger partial charge < -0.3 is 34.1 Å². The van der Waals surface area contributed by atoms with Gasteiger partial charge in [-0.25, -0.2) is 9.78 Å². The molecule has 1 saturated heterocycles. The minimum atomic E-state index is -4.95. The number of pyridine rings is 2. The van der Waals surface area contributed by atoms with Crippen molar-refractivity contribution in [3.63, 3.8) is 0 Å². The second kappa shape index (κ2) is 9.16. The lowest BCUT2D eigenvalue weighted by Gasteiger charge is -2.36. The Labute approximate surface area is 194 Å². The van der Waals surface area contributed by atoms with Crippen molar-refractivity contribution in [2.45, 2.75) is 30.7 Å². The summed E-state index contributed by atoms with van der Waals surface area (Å²) in [6.45, 7) is 2.12. The molecule has 1 aliphatic heterocycles. The van der Waals surface area contributed by atoms with E-state index < -0.39 is 32.0 Å². The molecule has 0 amide bonds. The van der Waals surface area contributed by atoms with Crippen LogP contribution in [0.25, 0.3) is 10.9 Å². The third-order valence-electron chi connectivity index (χ3n) is 6.25. The lowest BCUT2D eigenvalue weighted by Crippen LogP contribution is -2.47. The summed E-state index contributed by atoms with van der Waals surface area (Å²) in [5.41, 5.74) is -0.240. The Morgan fingerprint density at radius 1 is 1.09 bits per heavy atom. The molecule has 3 heterocycles. The maximum Gasteiger partial charge on any atom is 0.341 e. The molecule has 2 fully saturated rings. The predicted molar refractivity (Wildman–Crippen MR) is 122 cm³/mol. The number of hydrogen-bond acceptors (Lipinski definition) is 7. The van der Waals surface area contributed by atoms with Gasteiger partial charge >= 0.3 is 21.2 Å². The Bertz CT molecular complexity index is 1240. The predicted octanol–water partition coefficient (Wildman–Crippen LogP) is 0.623. The number of rotatable bonds is 8. The Morgan fingerprint density at radius 3 is 2.24 bits per heavy atom. The van der Waals surface area contributed by atoms with E-state index in [2.05, 4.69) is 4.98 Å². The monoisotopic (exact) mass is 516 g/mol. The van der Waals surface area contributed by atoms with Gasteiger partial charge in [0.25, 0.3) is 0 Å². The second-order valence-corrected chi connectivity index (χ2v) is 12.7. The van der Waals surface area contributed by atoms with Crippen molar-refractivity contribution in [3.8, 4) is 0 Å². The fourth-order valence-corrected chi connectivity index (χ4v) is 6.72. The minimum Gasteiger partial charge on any atom is -0.477 e. The van der Waals surface area contributed by atoms with Crippen LogP contribution in [0.4, 0.5) is 5.82 Å². The first kappa shape index (κ1) is 25.0. The zero-order valence-corrected chi connectivity index (χ0v) is 19.9. The van der Waals surface area contributed by atoms with Crippen molar-refractivity contribution in [1.29, 1.82) is 0 Å². The zero-order chi connectivity index (χ0) is 24.8. The summed E-state index contributed by atoms with van der Waals surface area (Å²) in [6.07, 6.45) is 4.26. The number of hydrogen-bond donors (Lipinski definition) is 5. The van der Waals surface area contributed by atoms with Gasteiger partial charge in [-0.3, -0.25) is 18.8 Å². The third-order valence-corrected chi connectivity index (χ3v) is 10.1. The summed E-state index contributed by atoms with van der Waals surface area (Å²) >= 11 is 0. The first-order valence-electron chi connectivity index (χ1n) is 10.7. The molecular weight excluding hydrogens is 490 g/mol. The van der Waals surface area contributed by atoms with E-state index in [1.54, 1.807) is 6.07 Å². The van der Waals surface area contributed by atoms with Gasteiger partial charge in [0.2, 0.25) is 5.43 Å². The number of aromatic carboxylic acids is 1. The molecule has 2 aromatic rings. The largest absolute Gasteiger partial charge is 0.477 e. The van der Waals surface area contributed by atoms with E-state index >= 15 is 0 Å². The smallest absolute Gasteiger partial charge is 0.341 e. The molecule has 0 unspecified atom stereocenters. The number of carboxylic acids is 1. The van der Waals surface area contributed by atoms with E-state index in [-0.39, 0.29) is 30.0 Å². The first-order valence-corrected chi connectivity index (χ1v) is 14.1. The Hall–Kier alpha value is -2.11. The molecule has 15 heteroatoms. The van der Waals surface area contributed by atoms with Crippen LogP contribution in [0.1, 0.15) is 35.7 Å². The van der Waals surface area contributed by atoms with Crippen molar-refractivity contribution in [2.75, 3.05) is 37.6 Å². The topological polar surface area (TPSA) is 194 Å². The number of anilines is 1. The van der Waals surface area contributed by atoms with Crippen LogP contribution >= 0.6 is 15.2 Å². The van der Waals surface area contributed by atoms with Gasteiger partial charge in [0, 0.05) is 50.7 Å². The summed E-state index contributed by atoms with van der Waals surface area (Å²) < 4.78 is 24.8. The average Bonchev–Trinajstić information content (AvgIpc) is 3.57. The average molecular weight is 516 g/mol. The van der Waals surface area contributed by atoms with Crippen LogP contribution in [0.5, 0.6) is 0 Å². The van der Waals surface area contributed by atoms with E-state index in [0.29, 0.717) is 37.5 Å². The molecule has 2 aromatic heterocycles. The van der Waals surface area contributed by atoms with Crippen LogP contribution < -0.4 is 10.3 Å². The SMILES string of the molecule is O=C(O)c1cn(C2CC2)c2cc(N3CCN(CCC(P(=O)(O)O)P(=O)(O)O)CC3)ncc2c1=O. The maximum absolute atomic E-state index is 12.6. The molecular formula is C19H26N4O9P2. The van der Waals surface area contributed by atoms with Crippen LogP contribution in [0.2, 0.25) is 0 Å². The standard InChI is InChI=1S/C19H26N4O9P2/c24-18-13-10-20-16(9-15(13)23(12-1-2-12)11-14(18)19(25)26)22-7-5-21(6-8-22)4-3-17(33(27,28)29)34(30,31)32/h9-12,17H,1-8H2,(H,25,26)(H2,27,28,29)(H2,30,31,32). The quantitative estimate of drug-likeness (QED) is 0.308. The van der Waals surface area contributed by atoms with Gasteiger partial charge in [-0.1, -0.05) is 0 Å². The summed E-state index contributed by atoms with van der Waals surface area (Å²) in [7, 11) is -9.89. The van der Waals surface area contributed by atoms with Crippen LogP contribution in [0.3, 0.4) is 0 Å². The molecule has 13 nitrogen and oxygen atoms in total. The van der Waals surface area contributed by atoms with Gasteiger partial charge in [-0.2, -0.15) is 0 Å². The summed E-state index contributed by atoms with van der Waals surface area (Å²) in [5.74, 6) is -0.659. The highest BCUT2D eigenvalue weighted by Gasteiger charge is 2.43. The van der Waals surface area contributed by atoms with Crippen molar-refractivity contribution in [2.24, 2.45) is 0 Å². The van der Waals surface area contributed by atoms with Gasteiger partial charge in [0.05, 0.1) is 10.9 Å². The number of piperazine rings is 1. The van der Waals surface area contributed by atoms with Crippen molar-refractivity contribution in [3.05, 3.63) is 34.2 Å². The summed E-state index contributed by atoms with van der Waals surface area (Å²) in [4.78, 5) is 69.4. The molecule has 1 aliphatic carbocycles. The third kappa shape index (κ3) is 5.26. The van der Waals surface area contributed by atoms with E-state index in [9.17, 15) is 43.4 Å². The fraction of sp³-hybridized carbons (Fsp3) is 0.526. The normalized spacial score (nSPS) is 18.1. The molecule has 0 radical (unpaired) electrons.